The predicted octanol–water partition coefficient (Wildman–Crippen LogP) is -1.24. The molecule has 1 aromatic carbocycles. The molecule has 2 rings (SSSR count). The first-order valence-corrected chi connectivity index (χ1v) is 3.85. The van der Waals surface area contributed by atoms with Crippen molar-refractivity contribution < 1.29 is 22.3 Å². The van der Waals surface area contributed by atoms with Crippen LogP contribution in [0.1, 0.15) is 10.5 Å². The van der Waals surface area contributed by atoms with E-state index in [1.807, 2.05) is 6.07 Å². The van der Waals surface area contributed by atoms with Crippen LogP contribution >= 0.6 is 0 Å². The first-order chi connectivity index (χ1) is 6.31. The molecule has 0 radical (unpaired) electrons. The van der Waals surface area contributed by atoms with Gasteiger partial charge in [-0.2, -0.15) is 0 Å². The van der Waals surface area contributed by atoms with Gasteiger partial charge in [0.25, 0.3) is 0 Å². The van der Waals surface area contributed by atoms with Crippen molar-refractivity contribution in [1.29, 1.82) is 0 Å². The molecule has 1 heterocycles. The molecule has 1 N–H and O–H groups in total. The van der Waals surface area contributed by atoms with Crippen LogP contribution in [0.5, 0.6) is 5.75 Å². The summed E-state index contributed by atoms with van der Waals surface area (Å²) in [6.07, 6.45) is 0.659. The lowest BCUT2D eigenvalue weighted by atomic mass is 10.2. The normalized spacial score (nSPS) is 9.43. The number of phenolic OH excluding ortho intramolecular Hbond substituents is 1. The highest BCUT2D eigenvalue weighted by molar-refractivity contribution is 5.87. The lowest BCUT2D eigenvalue weighted by molar-refractivity contribution is -0.00000995. The number of aldehydes is 1. The molecule has 0 aliphatic heterocycles. The molecule has 4 heteroatoms. The quantitative estimate of drug-likeness (QED) is 0.597. The number of benzene rings is 1. The molecule has 0 spiro atoms. The molecule has 0 unspecified atom stereocenters. The standard InChI is InChI=1S/C10H7NO2.ClH/c12-6-8-5-4-7-2-1-3-9(13)10(7)11-8;/h1-6,13H;1H/p-1. The minimum Gasteiger partial charge on any atom is -1.00 e. The van der Waals surface area contributed by atoms with Gasteiger partial charge in [-0.1, -0.05) is 18.2 Å². The molecule has 0 bridgehead atoms. The highest BCUT2D eigenvalue weighted by Crippen LogP contribution is 2.21. The topological polar surface area (TPSA) is 50.2 Å². The van der Waals surface area contributed by atoms with E-state index >= 15 is 0 Å². The Morgan fingerprint density at radius 3 is 2.71 bits per heavy atom. The molecule has 1 aromatic heterocycles. The molecule has 3 nitrogen and oxygen atoms in total. The van der Waals surface area contributed by atoms with Gasteiger partial charge in [0.1, 0.15) is 17.0 Å². The summed E-state index contributed by atoms with van der Waals surface area (Å²) in [6.45, 7) is 0. The van der Waals surface area contributed by atoms with Crippen molar-refractivity contribution >= 4 is 17.2 Å². The second-order valence-corrected chi connectivity index (χ2v) is 2.70. The van der Waals surface area contributed by atoms with Crippen LogP contribution in [0.15, 0.2) is 30.3 Å². The third kappa shape index (κ3) is 1.67. The molecule has 0 saturated carbocycles. The fraction of sp³-hybridized carbons (Fsp3) is 0. The van der Waals surface area contributed by atoms with Gasteiger partial charge in [-0.05, 0) is 12.1 Å². The Morgan fingerprint density at radius 1 is 1.21 bits per heavy atom. The van der Waals surface area contributed by atoms with Crippen molar-refractivity contribution in [2.45, 2.75) is 0 Å². The molecular formula is C10H7ClNO2-. The first kappa shape index (κ1) is 10.5. The number of rotatable bonds is 1. The molecule has 0 fully saturated rings. The molecule has 72 valence electrons. The number of carbonyl (C=O) groups is 1. The number of halogens is 1. The van der Waals surface area contributed by atoms with Gasteiger partial charge in [0.15, 0.2) is 6.29 Å². The SMILES string of the molecule is O=Cc1ccc2cccc(O)c2n1.[Cl-]. The predicted molar refractivity (Wildman–Crippen MR) is 48.8 cm³/mol. The van der Waals surface area contributed by atoms with Crippen LogP contribution in [0.4, 0.5) is 0 Å². The fourth-order valence-corrected chi connectivity index (χ4v) is 1.21. The van der Waals surface area contributed by atoms with Crippen LogP contribution in [-0.2, 0) is 0 Å². The summed E-state index contributed by atoms with van der Waals surface area (Å²) in [6, 6.07) is 8.49. The molecule has 0 saturated heterocycles. The third-order valence-corrected chi connectivity index (χ3v) is 1.84. The number of para-hydroxylation sites is 1. The van der Waals surface area contributed by atoms with Crippen molar-refractivity contribution in [3.05, 3.63) is 36.0 Å². The third-order valence-electron chi connectivity index (χ3n) is 1.84. The number of hydrogen-bond donors (Lipinski definition) is 1. The van der Waals surface area contributed by atoms with Gasteiger partial charge < -0.3 is 17.5 Å². The van der Waals surface area contributed by atoms with Crippen LogP contribution in [0.25, 0.3) is 10.9 Å². The zero-order valence-electron chi connectivity index (χ0n) is 7.14. The number of aromatic nitrogens is 1. The van der Waals surface area contributed by atoms with Crippen molar-refractivity contribution in [3.63, 3.8) is 0 Å². The number of nitrogens with zero attached hydrogens (tertiary/aromatic N) is 1. The van der Waals surface area contributed by atoms with Gasteiger partial charge in [0.05, 0.1) is 0 Å². The average Bonchev–Trinajstić information content (AvgIpc) is 2.18. The van der Waals surface area contributed by atoms with E-state index in [0.29, 0.717) is 17.5 Å². The summed E-state index contributed by atoms with van der Waals surface area (Å²) in [5.41, 5.74) is 0.793. The van der Waals surface area contributed by atoms with E-state index in [2.05, 4.69) is 4.98 Å². The maximum absolute atomic E-state index is 10.4. The van der Waals surface area contributed by atoms with Crippen molar-refractivity contribution in [1.82, 2.24) is 4.98 Å². The maximum Gasteiger partial charge on any atom is 0.168 e. The second kappa shape index (κ2) is 4.07. The molecule has 0 aliphatic rings. The van der Waals surface area contributed by atoms with Crippen LogP contribution in [0.2, 0.25) is 0 Å². The van der Waals surface area contributed by atoms with Crippen LogP contribution < -0.4 is 12.4 Å². The lowest BCUT2D eigenvalue weighted by Crippen LogP contribution is -3.00. The Kier molecular flexibility index (Phi) is 3.04. The molecule has 0 atom stereocenters. The smallest absolute Gasteiger partial charge is 0.168 e. The maximum atomic E-state index is 10.4. The molecule has 2 aromatic rings. The number of carbonyl (C=O) groups excluding carboxylic acids is 1. The Morgan fingerprint density at radius 2 is 2.00 bits per heavy atom. The summed E-state index contributed by atoms with van der Waals surface area (Å²) in [5.74, 6) is 0.0983. The van der Waals surface area contributed by atoms with Gasteiger partial charge >= 0.3 is 0 Å². The van der Waals surface area contributed by atoms with E-state index in [4.69, 9.17) is 0 Å². The van der Waals surface area contributed by atoms with Crippen molar-refractivity contribution in [2.75, 3.05) is 0 Å². The number of pyridine rings is 1. The lowest BCUT2D eigenvalue weighted by Gasteiger charge is -1.99. The summed E-state index contributed by atoms with van der Waals surface area (Å²) in [4.78, 5) is 14.4. The summed E-state index contributed by atoms with van der Waals surface area (Å²) in [7, 11) is 0. The van der Waals surface area contributed by atoms with Gasteiger partial charge in [0.2, 0.25) is 0 Å². The Labute approximate surface area is 86.8 Å². The van der Waals surface area contributed by atoms with E-state index in [-0.39, 0.29) is 18.2 Å². The van der Waals surface area contributed by atoms with Crippen LogP contribution in [-0.4, -0.2) is 16.4 Å². The van der Waals surface area contributed by atoms with Crippen LogP contribution in [0.3, 0.4) is 0 Å². The van der Waals surface area contributed by atoms with Gasteiger partial charge in [-0.3, -0.25) is 4.79 Å². The van der Waals surface area contributed by atoms with E-state index in [9.17, 15) is 9.90 Å². The van der Waals surface area contributed by atoms with Crippen LogP contribution in [0, 0.1) is 0 Å². The second-order valence-electron chi connectivity index (χ2n) is 2.70. The number of phenols is 1. The van der Waals surface area contributed by atoms with E-state index in [1.54, 1.807) is 24.3 Å². The molecule has 0 aliphatic carbocycles. The largest absolute Gasteiger partial charge is 1.00 e. The minimum atomic E-state index is 0. The molecular weight excluding hydrogens is 202 g/mol. The Bertz CT molecular complexity index is 471. The Hall–Kier alpha value is -1.61. The van der Waals surface area contributed by atoms with Crippen molar-refractivity contribution in [2.24, 2.45) is 0 Å². The van der Waals surface area contributed by atoms with Gasteiger partial charge in [-0.25, -0.2) is 4.98 Å². The zero-order chi connectivity index (χ0) is 9.26. The first-order valence-electron chi connectivity index (χ1n) is 3.85. The number of fused-ring (bicyclic) bond motifs is 1. The van der Waals surface area contributed by atoms with E-state index in [0.717, 1.165) is 5.39 Å². The number of aromatic hydroxyl groups is 1. The molecule has 14 heavy (non-hydrogen) atoms. The fourth-order valence-electron chi connectivity index (χ4n) is 1.21. The summed E-state index contributed by atoms with van der Waals surface area (Å²) < 4.78 is 0. The average molecular weight is 209 g/mol. The van der Waals surface area contributed by atoms with Crippen molar-refractivity contribution in [3.8, 4) is 5.75 Å². The zero-order valence-corrected chi connectivity index (χ0v) is 7.90. The van der Waals surface area contributed by atoms with Gasteiger partial charge in [-0.15, -0.1) is 0 Å². The molecule has 0 amide bonds. The van der Waals surface area contributed by atoms with E-state index < -0.39 is 0 Å². The Balaban J connectivity index is 0.000000980. The number of hydrogen-bond acceptors (Lipinski definition) is 3. The highest BCUT2D eigenvalue weighted by atomic mass is 35.5. The van der Waals surface area contributed by atoms with Gasteiger partial charge in [0, 0.05) is 5.39 Å². The van der Waals surface area contributed by atoms with E-state index in [1.165, 1.54) is 0 Å². The highest BCUT2D eigenvalue weighted by Gasteiger charge is 2.00. The minimum absolute atomic E-state index is 0. The summed E-state index contributed by atoms with van der Waals surface area (Å²) >= 11 is 0. The monoisotopic (exact) mass is 208 g/mol. The summed E-state index contributed by atoms with van der Waals surface area (Å²) in [5, 5.41) is 10.2.